The molecule has 2 N–H and O–H groups in total. The molecule has 1 aromatic carbocycles. The van der Waals surface area contributed by atoms with Crippen LogP contribution in [0.2, 0.25) is 0 Å². The summed E-state index contributed by atoms with van der Waals surface area (Å²) in [7, 11) is -4.39. The van der Waals surface area contributed by atoms with E-state index in [-0.39, 0.29) is 12.0 Å². The summed E-state index contributed by atoms with van der Waals surface area (Å²) in [5.41, 5.74) is 4.22. The molecule has 1 fully saturated rings. The molecule has 0 bridgehead atoms. The number of phosphoric acid groups is 1. The lowest BCUT2D eigenvalue weighted by atomic mass is 9.79. The first-order valence-corrected chi connectivity index (χ1v) is 12.2. The normalized spacial score (nSPS) is 27.7. The first-order valence-electron chi connectivity index (χ1n) is 10.7. The fourth-order valence-electron chi connectivity index (χ4n) is 4.95. The second kappa shape index (κ2) is 9.40. The maximum atomic E-state index is 11.0. The van der Waals surface area contributed by atoms with Crippen molar-refractivity contribution < 1.29 is 23.6 Å². The Morgan fingerprint density at radius 2 is 2.07 bits per heavy atom. The van der Waals surface area contributed by atoms with Crippen LogP contribution in [-0.2, 0) is 26.7 Å². The lowest BCUT2D eigenvalue weighted by Crippen LogP contribution is -2.19. The molecule has 3 rings (SSSR count). The molecular formula is C22H35O5P. The zero-order valence-electron chi connectivity index (χ0n) is 17.2. The van der Waals surface area contributed by atoms with Crippen molar-refractivity contribution >= 4 is 7.82 Å². The number of aryl methyl sites for hydroxylation is 1. The van der Waals surface area contributed by atoms with Gasteiger partial charge in [0.25, 0.3) is 0 Å². The number of ether oxygens (including phenoxy) is 1. The molecule has 0 radical (unpaired) electrons. The Balaban J connectivity index is 1.56. The van der Waals surface area contributed by atoms with Crippen molar-refractivity contribution in [3.05, 3.63) is 34.9 Å². The van der Waals surface area contributed by atoms with Gasteiger partial charge in [0.05, 0.1) is 6.61 Å². The molecule has 28 heavy (non-hydrogen) atoms. The zero-order chi connectivity index (χ0) is 20.2. The van der Waals surface area contributed by atoms with Gasteiger partial charge in [-0.25, -0.2) is 4.57 Å². The highest BCUT2D eigenvalue weighted by molar-refractivity contribution is 7.46. The summed E-state index contributed by atoms with van der Waals surface area (Å²) in [6, 6.07) is 6.99. The van der Waals surface area contributed by atoms with Gasteiger partial charge in [0.1, 0.15) is 0 Å². The molecule has 0 amide bonds. The Labute approximate surface area is 169 Å². The van der Waals surface area contributed by atoms with E-state index in [4.69, 9.17) is 19.0 Å². The average Bonchev–Trinajstić information content (AvgIpc) is 3.05. The topological polar surface area (TPSA) is 76.0 Å². The molecule has 0 spiro atoms. The highest BCUT2D eigenvalue weighted by Gasteiger charge is 2.38. The number of hydrogen-bond acceptors (Lipinski definition) is 3. The van der Waals surface area contributed by atoms with Crippen LogP contribution in [0.5, 0.6) is 0 Å². The standard InChI is InChI=1S/C22H35O5P/c1-3-26-12-4-5-17-6-7-19-14-20(9-8-18(19)13-17)21-10-11-22(2,15-21)16-27-28(23,24)25/h8-9,14,17,21H,3-7,10-13,15-16H2,1-2H3,(H2,23,24,25)/t17-,21+,22+/m1/s1. The SMILES string of the molecule is CCOCCC[C@@H]1CCc2cc([C@H]3CC[C@](C)(COP(=O)(O)O)C3)ccc2C1. The molecule has 2 aliphatic rings. The van der Waals surface area contributed by atoms with Gasteiger partial charge in [-0.1, -0.05) is 25.1 Å². The third-order valence-corrected chi connectivity index (χ3v) is 7.02. The van der Waals surface area contributed by atoms with E-state index in [1.54, 1.807) is 0 Å². The molecule has 5 nitrogen and oxygen atoms in total. The lowest BCUT2D eigenvalue weighted by molar-refractivity contribution is 0.120. The molecule has 0 aliphatic heterocycles. The molecule has 0 saturated heterocycles. The van der Waals surface area contributed by atoms with Crippen LogP contribution in [0.1, 0.15) is 75.0 Å². The van der Waals surface area contributed by atoms with Gasteiger partial charge in [-0.15, -0.1) is 0 Å². The van der Waals surface area contributed by atoms with Crippen LogP contribution < -0.4 is 0 Å². The Morgan fingerprint density at radius 1 is 1.25 bits per heavy atom. The minimum absolute atomic E-state index is 0.127. The van der Waals surface area contributed by atoms with Gasteiger partial charge in [-0.05, 0) is 92.2 Å². The summed E-state index contributed by atoms with van der Waals surface area (Å²) in [6.45, 7) is 5.94. The molecule has 158 valence electrons. The highest BCUT2D eigenvalue weighted by Crippen LogP contribution is 2.49. The van der Waals surface area contributed by atoms with Crippen molar-refractivity contribution in [1.82, 2.24) is 0 Å². The van der Waals surface area contributed by atoms with Gasteiger partial charge in [-0.3, -0.25) is 4.52 Å². The van der Waals surface area contributed by atoms with Crippen molar-refractivity contribution in [1.29, 1.82) is 0 Å². The monoisotopic (exact) mass is 410 g/mol. The van der Waals surface area contributed by atoms with E-state index < -0.39 is 7.82 Å². The Bertz CT molecular complexity index is 700. The number of benzene rings is 1. The van der Waals surface area contributed by atoms with E-state index in [1.165, 1.54) is 36.0 Å². The largest absolute Gasteiger partial charge is 0.469 e. The number of hydrogen-bond donors (Lipinski definition) is 2. The second-order valence-electron chi connectivity index (χ2n) is 8.99. The summed E-state index contributed by atoms with van der Waals surface area (Å²) < 4.78 is 21.3. The summed E-state index contributed by atoms with van der Waals surface area (Å²) in [6.07, 6.45) is 8.93. The Hall–Kier alpha value is -0.710. The minimum atomic E-state index is -4.39. The number of phosphoric ester groups is 1. The molecule has 2 aliphatic carbocycles. The van der Waals surface area contributed by atoms with Crippen LogP contribution in [0.15, 0.2) is 18.2 Å². The van der Waals surface area contributed by atoms with Gasteiger partial charge < -0.3 is 14.5 Å². The van der Waals surface area contributed by atoms with Gasteiger partial charge in [0.2, 0.25) is 0 Å². The van der Waals surface area contributed by atoms with E-state index in [9.17, 15) is 4.57 Å². The van der Waals surface area contributed by atoms with Gasteiger partial charge in [-0.2, -0.15) is 0 Å². The third kappa shape index (κ3) is 6.14. The van der Waals surface area contributed by atoms with Gasteiger partial charge >= 0.3 is 7.82 Å². The molecule has 6 heteroatoms. The van der Waals surface area contributed by atoms with Crippen molar-refractivity contribution in [3.8, 4) is 0 Å². The maximum Gasteiger partial charge on any atom is 0.469 e. The predicted octanol–water partition coefficient (Wildman–Crippen LogP) is 4.99. The van der Waals surface area contributed by atoms with E-state index in [0.29, 0.717) is 5.92 Å². The Kier molecular flexibility index (Phi) is 7.38. The van der Waals surface area contributed by atoms with Crippen molar-refractivity contribution in [2.45, 2.75) is 71.1 Å². The third-order valence-electron chi connectivity index (χ3n) is 6.55. The van der Waals surface area contributed by atoms with Gasteiger partial charge in [0, 0.05) is 13.2 Å². The smallest absolute Gasteiger partial charge is 0.382 e. The lowest BCUT2D eigenvalue weighted by Gasteiger charge is -2.27. The maximum absolute atomic E-state index is 11.0. The van der Waals surface area contributed by atoms with E-state index in [2.05, 4.69) is 25.1 Å². The molecular weight excluding hydrogens is 375 g/mol. The van der Waals surface area contributed by atoms with E-state index in [0.717, 1.165) is 51.2 Å². The van der Waals surface area contributed by atoms with Crippen molar-refractivity contribution in [2.24, 2.45) is 11.3 Å². The number of fused-ring (bicyclic) bond motifs is 1. The minimum Gasteiger partial charge on any atom is -0.382 e. The fraction of sp³-hybridized carbons (Fsp3) is 0.727. The predicted molar refractivity (Wildman–Crippen MR) is 110 cm³/mol. The van der Waals surface area contributed by atoms with Crippen LogP contribution >= 0.6 is 7.82 Å². The first kappa shape index (κ1) is 22.0. The average molecular weight is 410 g/mol. The quantitative estimate of drug-likeness (QED) is 0.443. The molecule has 1 saturated carbocycles. The summed E-state index contributed by atoms with van der Waals surface area (Å²) in [5, 5.41) is 0. The molecule has 0 aromatic heterocycles. The van der Waals surface area contributed by atoms with Crippen molar-refractivity contribution in [3.63, 3.8) is 0 Å². The van der Waals surface area contributed by atoms with Crippen LogP contribution in [0, 0.1) is 11.3 Å². The molecule has 0 unspecified atom stereocenters. The van der Waals surface area contributed by atoms with Crippen LogP contribution in [0.4, 0.5) is 0 Å². The second-order valence-corrected chi connectivity index (χ2v) is 10.2. The number of rotatable bonds is 9. The Morgan fingerprint density at radius 3 is 2.82 bits per heavy atom. The molecule has 0 heterocycles. The molecule has 3 atom stereocenters. The van der Waals surface area contributed by atoms with E-state index in [1.807, 2.05) is 6.92 Å². The first-order chi connectivity index (χ1) is 13.3. The van der Waals surface area contributed by atoms with Crippen LogP contribution in [-0.4, -0.2) is 29.6 Å². The van der Waals surface area contributed by atoms with E-state index >= 15 is 0 Å². The highest BCUT2D eigenvalue weighted by atomic mass is 31.2. The zero-order valence-corrected chi connectivity index (χ0v) is 18.1. The van der Waals surface area contributed by atoms with Crippen LogP contribution in [0.3, 0.4) is 0 Å². The summed E-state index contributed by atoms with van der Waals surface area (Å²) in [4.78, 5) is 18.0. The van der Waals surface area contributed by atoms with Gasteiger partial charge in [0.15, 0.2) is 0 Å². The summed E-state index contributed by atoms with van der Waals surface area (Å²) >= 11 is 0. The molecule has 1 aromatic rings. The van der Waals surface area contributed by atoms with Crippen LogP contribution in [0.25, 0.3) is 0 Å². The summed E-state index contributed by atoms with van der Waals surface area (Å²) in [5.74, 6) is 1.23. The van der Waals surface area contributed by atoms with Crippen molar-refractivity contribution in [2.75, 3.05) is 19.8 Å². The fourth-order valence-corrected chi connectivity index (χ4v) is 5.43.